The van der Waals surface area contributed by atoms with E-state index in [9.17, 15) is 4.39 Å². The second-order valence-electron chi connectivity index (χ2n) is 5.59. The van der Waals surface area contributed by atoms with Gasteiger partial charge in [0.05, 0.1) is 18.4 Å². The predicted octanol–water partition coefficient (Wildman–Crippen LogP) is 3.20. The van der Waals surface area contributed by atoms with Crippen LogP contribution in [0.15, 0.2) is 18.2 Å². The summed E-state index contributed by atoms with van der Waals surface area (Å²) in [7, 11) is 1.64. The lowest BCUT2D eigenvalue weighted by Gasteiger charge is -2.13. The number of halogens is 1. The molecule has 1 aromatic carbocycles. The summed E-state index contributed by atoms with van der Waals surface area (Å²) in [5.74, 6) is 0.418. The second kappa shape index (κ2) is 8.36. The maximum atomic E-state index is 14.2. The lowest BCUT2D eigenvalue weighted by molar-refractivity contribution is 0.120. The number of rotatable bonds is 8. The van der Waals surface area contributed by atoms with Gasteiger partial charge in [-0.15, -0.1) is 0 Å². The number of hydrogen-bond acceptors (Lipinski definition) is 7. The maximum absolute atomic E-state index is 14.2. The minimum atomic E-state index is -0.304. The van der Waals surface area contributed by atoms with E-state index in [0.29, 0.717) is 36.1 Å². The van der Waals surface area contributed by atoms with Crippen molar-refractivity contribution in [3.63, 3.8) is 0 Å². The molecule has 0 saturated carbocycles. The van der Waals surface area contributed by atoms with Crippen LogP contribution < -0.4 is 10.6 Å². The molecule has 1 saturated heterocycles. The van der Waals surface area contributed by atoms with Gasteiger partial charge in [0.15, 0.2) is 0 Å². The summed E-state index contributed by atoms with van der Waals surface area (Å²) in [6.07, 6.45) is 2.94. The number of hydrogen-bond donors (Lipinski definition) is 2. The van der Waals surface area contributed by atoms with E-state index in [1.807, 2.05) is 6.07 Å². The number of nitrogens with one attached hydrogen (secondary N) is 2. The van der Waals surface area contributed by atoms with Gasteiger partial charge >= 0.3 is 0 Å². The highest BCUT2D eigenvalue weighted by atomic mass is 32.1. The van der Waals surface area contributed by atoms with Gasteiger partial charge in [-0.2, -0.15) is 4.37 Å². The Morgan fingerprint density at radius 2 is 2.38 bits per heavy atom. The monoisotopic (exact) mass is 352 g/mol. The van der Waals surface area contributed by atoms with Crippen molar-refractivity contribution in [2.24, 2.45) is 0 Å². The van der Waals surface area contributed by atoms with Gasteiger partial charge in [-0.25, -0.2) is 9.37 Å². The highest BCUT2D eigenvalue weighted by molar-refractivity contribution is 7.09. The first-order valence-corrected chi connectivity index (χ1v) is 8.75. The minimum absolute atomic E-state index is 0.175. The van der Waals surface area contributed by atoms with Crippen LogP contribution in [0.25, 0.3) is 0 Å². The Morgan fingerprint density at radius 3 is 3.12 bits per heavy atom. The fraction of sp³-hybridized carbons (Fsp3) is 0.500. The summed E-state index contributed by atoms with van der Waals surface area (Å²) in [6.45, 7) is 2.00. The summed E-state index contributed by atoms with van der Waals surface area (Å²) < 4.78 is 29.0. The summed E-state index contributed by atoms with van der Waals surface area (Å²) in [5.41, 5.74) is 1.12. The molecular formula is C16H21FN4O2S. The molecule has 130 valence electrons. The molecule has 24 heavy (non-hydrogen) atoms. The van der Waals surface area contributed by atoms with Crippen LogP contribution in [0.5, 0.6) is 0 Å². The van der Waals surface area contributed by atoms with Crippen molar-refractivity contribution in [1.29, 1.82) is 0 Å². The van der Waals surface area contributed by atoms with Crippen LogP contribution in [0.4, 0.5) is 20.9 Å². The van der Waals surface area contributed by atoms with Crippen molar-refractivity contribution in [2.45, 2.75) is 25.4 Å². The SMILES string of the molecule is COCCc1nsc(Nc2ccc(NCC3CCCO3)c(F)c2)n1. The topological polar surface area (TPSA) is 68.3 Å². The smallest absolute Gasteiger partial charge is 0.207 e. The average molecular weight is 352 g/mol. The first kappa shape index (κ1) is 17.1. The molecule has 0 spiro atoms. The molecule has 6 nitrogen and oxygen atoms in total. The number of benzene rings is 1. The van der Waals surface area contributed by atoms with Crippen molar-refractivity contribution in [3.8, 4) is 0 Å². The minimum Gasteiger partial charge on any atom is -0.384 e. The second-order valence-corrected chi connectivity index (χ2v) is 6.35. The zero-order chi connectivity index (χ0) is 16.8. The van der Waals surface area contributed by atoms with E-state index in [4.69, 9.17) is 9.47 Å². The Hall–Kier alpha value is -1.77. The Balaban J connectivity index is 1.56. The fourth-order valence-electron chi connectivity index (χ4n) is 2.49. The summed E-state index contributed by atoms with van der Waals surface area (Å²) in [6, 6.07) is 4.99. The number of nitrogens with zero attached hydrogens (tertiary/aromatic N) is 2. The molecule has 0 bridgehead atoms. The van der Waals surface area contributed by atoms with Crippen LogP contribution in [-0.2, 0) is 15.9 Å². The number of methoxy groups -OCH3 is 1. The van der Waals surface area contributed by atoms with Crippen LogP contribution in [0.1, 0.15) is 18.7 Å². The van der Waals surface area contributed by atoms with Gasteiger partial charge in [-0.1, -0.05) is 0 Å². The van der Waals surface area contributed by atoms with Crippen molar-refractivity contribution in [2.75, 3.05) is 37.5 Å². The van der Waals surface area contributed by atoms with Crippen molar-refractivity contribution >= 4 is 28.0 Å². The molecule has 2 heterocycles. The quantitative estimate of drug-likeness (QED) is 0.760. The van der Waals surface area contributed by atoms with E-state index in [1.165, 1.54) is 17.6 Å². The van der Waals surface area contributed by atoms with Crippen LogP contribution in [-0.4, -0.2) is 42.3 Å². The van der Waals surface area contributed by atoms with E-state index in [0.717, 1.165) is 25.3 Å². The van der Waals surface area contributed by atoms with Crippen molar-refractivity contribution in [3.05, 3.63) is 29.8 Å². The van der Waals surface area contributed by atoms with Crippen LogP contribution in [0.3, 0.4) is 0 Å². The van der Waals surface area contributed by atoms with Crippen LogP contribution in [0, 0.1) is 5.82 Å². The van der Waals surface area contributed by atoms with Gasteiger partial charge < -0.3 is 20.1 Å². The molecule has 0 aliphatic carbocycles. The molecule has 3 rings (SSSR count). The first-order valence-electron chi connectivity index (χ1n) is 7.98. The Labute approximate surface area is 144 Å². The summed E-state index contributed by atoms with van der Waals surface area (Å²) in [5, 5.41) is 6.82. The molecular weight excluding hydrogens is 331 g/mol. The van der Waals surface area contributed by atoms with Gasteiger partial charge in [-0.05, 0) is 31.0 Å². The van der Waals surface area contributed by atoms with Crippen LogP contribution in [0.2, 0.25) is 0 Å². The molecule has 1 fully saturated rings. The van der Waals surface area contributed by atoms with Gasteiger partial charge in [0, 0.05) is 43.9 Å². The summed E-state index contributed by atoms with van der Waals surface area (Å²) in [4.78, 5) is 4.35. The molecule has 1 unspecified atom stereocenters. The average Bonchev–Trinajstić information content (AvgIpc) is 3.24. The third-order valence-corrected chi connectivity index (χ3v) is 4.43. The molecule has 0 radical (unpaired) electrons. The Morgan fingerprint density at radius 1 is 1.46 bits per heavy atom. The molecule has 8 heteroatoms. The van der Waals surface area contributed by atoms with Crippen molar-refractivity contribution in [1.82, 2.24) is 9.36 Å². The zero-order valence-corrected chi connectivity index (χ0v) is 14.4. The number of anilines is 3. The number of aromatic nitrogens is 2. The van der Waals surface area contributed by atoms with E-state index in [2.05, 4.69) is 20.0 Å². The highest BCUT2D eigenvalue weighted by Crippen LogP contribution is 2.24. The normalized spacial score (nSPS) is 17.2. The van der Waals surface area contributed by atoms with E-state index >= 15 is 0 Å². The standard InChI is InChI=1S/C16H21FN4O2S/c1-22-8-6-15-20-16(24-21-15)19-11-4-5-14(13(17)9-11)18-10-12-3-2-7-23-12/h4-5,9,12,18H,2-3,6-8,10H2,1H3,(H,19,20,21). The zero-order valence-electron chi connectivity index (χ0n) is 13.5. The van der Waals surface area contributed by atoms with Gasteiger partial charge in [0.1, 0.15) is 11.6 Å². The molecule has 2 aromatic rings. The van der Waals surface area contributed by atoms with Gasteiger partial charge in [-0.3, -0.25) is 0 Å². The first-order chi connectivity index (χ1) is 11.7. The largest absolute Gasteiger partial charge is 0.384 e. The van der Waals surface area contributed by atoms with E-state index in [-0.39, 0.29) is 11.9 Å². The molecule has 0 amide bonds. The van der Waals surface area contributed by atoms with E-state index in [1.54, 1.807) is 13.2 Å². The molecule has 1 aromatic heterocycles. The lowest BCUT2D eigenvalue weighted by Crippen LogP contribution is -2.18. The molecule has 2 N–H and O–H groups in total. The third kappa shape index (κ3) is 4.62. The van der Waals surface area contributed by atoms with Crippen LogP contribution >= 0.6 is 11.5 Å². The predicted molar refractivity (Wildman–Crippen MR) is 92.6 cm³/mol. The van der Waals surface area contributed by atoms with Gasteiger partial charge in [0.25, 0.3) is 0 Å². The molecule has 1 aliphatic heterocycles. The Bertz CT molecular complexity index is 661. The van der Waals surface area contributed by atoms with Crippen molar-refractivity contribution < 1.29 is 13.9 Å². The van der Waals surface area contributed by atoms with Gasteiger partial charge in [0.2, 0.25) is 5.13 Å². The Kier molecular flexibility index (Phi) is 5.95. The molecule has 1 aliphatic rings. The highest BCUT2D eigenvalue weighted by Gasteiger charge is 2.15. The fourth-order valence-corrected chi connectivity index (χ4v) is 3.12. The number of ether oxygens (including phenoxy) is 2. The summed E-state index contributed by atoms with van der Waals surface area (Å²) >= 11 is 1.25. The molecule has 1 atom stereocenters. The third-order valence-electron chi connectivity index (χ3n) is 3.76. The lowest BCUT2D eigenvalue weighted by atomic mass is 10.2. The maximum Gasteiger partial charge on any atom is 0.207 e. The van der Waals surface area contributed by atoms with E-state index < -0.39 is 0 Å².